The summed E-state index contributed by atoms with van der Waals surface area (Å²) < 4.78 is 97.8. The first-order chi connectivity index (χ1) is 6.85. The molecule has 0 aliphatic carbocycles. The molecule has 0 aromatic heterocycles. The maximum Gasteiger partial charge on any atom is 1.00 e. The standard InChI is InChI=1S/2K.2Na.H2O8S2.H2O4S2/c;;;;1-9(2,3)7-8-10(4,5)6;1-5(2)6(3)4/h;;;;(H,1,2,3)(H,4,5,6);(H,1,2)(H,3,4)/q4*+1;;/p-4. The molecule has 0 aromatic rings. The van der Waals surface area contributed by atoms with Crippen LogP contribution in [-0.2, 0) is 49.7 Å². The second-order valence-corrected chi connectivity index (χ2v) is 5.72. The molecule has 100 valence electrons. The predicted octanol–water partition coefficient (Wildman–Crippen LogP) is -15.5. The van der Waals surface area contributed by atoms with Crippen LogP contribution in [-0.4, -0.2) is 43.5 Å². The second-order valence-electron chi connectivity index (χ2n) is 1.36. The van der Waals surface area contributed by atoms with E-state index in [0.717, 1.165) is 0 Å². The maximum absolute atomic E-state index is 9.37. The molecule has 0 saturated carbocycles. The van der Waals surface area contributed by atoms with Crippen molar-refractivity contribution in [3.8, 4) is 0 Å². The van der Waals surface area contributed by atoms with Crippen LogP contribution in [0.25, 0.3) is 0 Å². The van der Waals surface area contributed by atoms with Crippen LogP contribution < -0.4 is 162 Å². The predicted molar refractivity (Wildman–Crippen MR) is 39.4 cm³/mol. The minimum atomic E-state index is -5.31. The van der Waals surface area contributed by atoms with Gasteiger partial charge in [-0.2, -0.15) is 0 Å². The van der Waals surface area contributed by atoms with Gasteiger partial charge < -0.3 is 18.2 Å². The van der Waals surface area contributed by atoms with E-state index in [9.17, 15) is 25.9 Å². The third-order valence-electron chi connectivity index (χ3n) is 0.306. The van der Waals surface area contributed by atoms with Crippen molar-refractivity contribution in [3.05, 3.63) is 0 Å². The molecule has 2 unspecified atom stereocenters. The summed E-state index contributed by atoms with van der Waals surface area (Å²) in [6, 6.07) is 0. The average Bonchev–Trinajstić information content (AvgIpc) is 1.99. The van der Waals surface area contributed by atoms with Crippen molar-refractivity contribution in [2.24, 2.45) is 0 Å². The summed E-state index contributed by atoms with van der Waals surface area (Å²) in [7, 11) is -16.5. The summed E-state index contributed by atoms with van der Waals surface area (Å²) in [5.74, 6) is 0. The van der Waals surface area contributed by atoms with Crippen LogP contribution in [0.3, 0.4) is 0 Å². The molecule has 0 fully saturated rings. The van der Waals surface area contributed by atoms with Crippen LogP contribution in [0.5, 0.6) is 0 Å². The molecule has 0 radical (unpaired) electrons. The zero-order valence-corrected chi connectivity index (χ0v) is 24.0. The molecule has 2 atom stereocenters. The van der Waals surface area contributed by atoms with E-state index in [-0.39, 0.29) is 162 Å². The Morgan fingerprint density at radius 2 is 0.850 bits per heavy atom. The van der Waals surface area contributed by atoms with E-state index in [1.54, 1.807) is 0 Å². The first kappa shape index (κ1) is 40.1. The fourth-order valence-corrected chi connectivity index (χ4v) is 0.612. The summed E-state index contributed by atoms with van der Waals surface area (Å²) in [6.07, 6.45) is 0. The van der Waals surface area contributed by atoms with Gasteiger partial charge in [0.1, 0.15) is 0 Å². The van der Waals surface area contributed by atoms with Gasteiger partial charge in [0, 0.05) is 20.2 Å². The fraction of sp³-hybridized carbons (Fsp3) is 0. The van der Waals surface area contributed by atoms with Gasteiger partial charge in [0.2, 0.25) is 20.8 Å². The summed E-state index contributed by atoms with van der Waals surface area (Å²) in [6.45, 7) is 0. The molecule has 0 N–H and O–H groups in total. The van der Waals surface area contributed by atoms with E-state index in [2.05, 4.69) is 8.67 Å². The molecule has 20 heavy (non-hydrogen) atoms. The van der Waals surface area contributed by atoms with Crippen molar-refractivity contribution in [2.75, 3.05) is 0 Å². The smallest absolute Gasteiger partial charge is 0.763 e. The normalized spacial score (nSPS) is 12.6. The van der Waals surface area contributed by atoms with E-state index >= 15 is 0 Å². The summed E-state index contributed by atoms with van der Waals surface area (Å²) in [5, 5.41) is 0. The minimum Gasteiger partial charge on any atom is -0.763 e. The molecule has 0 aliphatic heterocycles. The van der Waals surface area contributed by atoms with Crippen molar-refractivity contribution in [1.82, 2.24) is 0 Å². The van der Waals surface area contributed by atoms with E-state index in [1.807, 2.05) is 0 Å². The summed E-state index contributed by atoms with van der Waals surface area (Å²) in [4.78, 5) is 0. The van der Waals surface area contributed by atoms with Crippen LogP contribution in [0.15, 0.2) is 0 Å². The van der Waals surface area contributed by atoms with Gasteiger partial charge in [-0.25, -0.2) is 16.8 Å². The first-order valence-electron chi connectivity index (χ1n) is 2.33. The fourth-order valence-electron chi connectivity index (χ4n) is 0.0680. The quantitative estimate of drug-likeness (QED) is 0.0751. The molecule has 0 amide bonds. The van der Waals surface area contributed by atoms with Crippen LogP contribution >= 0.6 is 0 Å². The molecular weight excluding hydrogens is 444 g/mol. The van der Waals surface area contributed by atoms with Crippen molar-refractivity contribution < 1.29 is 214 Å². The molecule has 0 saturated heterocycles. The molecule has 0 bridgehead atoms. The van der Waals surface area contributed by atoms with E-state index in [0.29, 0.717) is 0 Å². The zero-order chi connectivity index (χ0) is 13.6. The minimum absolute atomic E-state index is 0. The van der Waals surface area contributed by atoms with Gasteiger partial charge in [0.25, 0.3) is 0 Å². The molecule has 0 aromatic carbocycles. The second kappa shape index (κ2) is 20.5. The molecule has 0 heterocycles. The summed E-state index contributed by atoms with van der Waals surface area (Å²) in [5.41, 5.74) is 0. The Balaban J connectivity index is -0.0000000440. The van der Waals surface area contributed by atoms with Crippen molar-refractivity contribution >= 4 is 41.0 Å². The molecule has 12 nitrogen and oxygen atoms in total. The third-order valence-corrected chi connectivity index (χ3v) is 1.75. The number of rotatable bonds is 4. The number of hydrogen-bond acceptors (Lipinski definition) is 12. The van der Waals surface area contributed by atoms with Crippen LogP contribution in [0.4, 0.5) is 0 Å². The van der Waals surface area contributed by atoms with Crippen LogP contribution in [0.1, 0.15) is 0 Å². The molecular formula is K2Na2O12S4. The van der Waals surface area contributed by atoms with Gasteiger partial charge in [-0.15, -0.1) is 8.67 Å². The topological polar surface area (TPSA) is 213 Å². The van der Waals surface area contributed by atoms with Gasteiger partial charge in [-0.1, -0.05) is 0 Å². The largest absolute Gasteiger partial charge is 1.00 e. The van der Waals surface area contributed by atoms with Gasteiger partial charge in [0.15, 0.2) is 0 Å². The van der Waals surface area contributed by atoms with Gasteiger partial charge in [0.05, 0.1) is 0 Å². The molecule has 0 spiro atoms. The Labute approximate surface area is 248 Å². The average molecular weight is 444 g/mol. The molecule has 20 heteroatoms. The van der Waals surface area contributed by atoms with Crippen molar-refractivity contribution in [3.63, 3.8) is 0 Å². The summed E-state index contributed by atoms with van der Waals surface area (Å²) >= 11 is 0. The zero-order valence-electron chi connectivity index (χ0n) is 10.5. The Morgan fingerprint density at radius 3 is 0.900 bits per heavy atom. The Kier molecular flexibility index (Phi) is 41.1. The van der Waals surface area contributed by atoms with Crippen LogP contribution in [0.2, 0.25) is 0 Å². The van der Waals surface area contributed by atoms with Crippen LogP contribution in [0, 0.1) is 0 Å². The van der Waals surface area contributed by atoms with E-state index in [4.69, 9.17) is 17.5 Å². The van der Waals surface area contributed by atoms with Crippen molar-refractivity contribution in [2.45, 2.75) is 0 Å². The third kappa shape index (κ3) is 43.6. The molecule has 0 aliphatic rings. The maximum atomic E-state index is 9.37. The first-order valence-corrected chi connectivity index (χ1v) is 7.67. The Hall–Kier alpha value is 5.23. The van der Waals surface area contributed by atoms with Crippen molar-refractivity contribution in [1.29, 1.82) is 0 Å². The Morgan fingerprint density at radius 1 is 0.700 bits per heavy atom. The van der Waals surface area contributed by atoms with Gasteiger partial charge in [-0.3, -0.25) is 8.42 Å². The monoisotopic (exact) mass is 444 g/mol. The number of hydrogen-bond donors (Lipinski definition) is 0. The van der Waals surface area contributed by atoms with E-state index < -0.39 is 41.0 Å². The van der Waals surface area contributed by atoms with Gasteiger partial charge in [-0.05, 0) is 0 Å². The van der Waals surface area contributed by atoms with E-state index in [1.165, 1.54) is 0 Å². The van der Waals surface area contributed by atoms with Gasteiger partial charge >= 0.3 is 162 Å². The SMILES string of the molecule is O=S(=O)([O-])OOS(=O)(=O)[O-].O=S([O-])S(=O)[O-].[K+].[K+].[Na+].[Na+]. The Bertz CT molecular complexity index is 408. The molecule has 0 rings (SSSR count).